The van der Waals surface area contributed by atoms with Crippen molar-refractivity contribution in [2.45, 2.75) is 50.2 Å². The summed E-state index contributed by atoms with van der Waals surface area (Å²) in [6, 6.07) is 12.1. The molecular formula is C28H27N3O4S. The summed E-state index contributed by atoms with van der Waals surface area (Å²) in [5.74, 6) is 0.0360. The minimum Gasteiger partial charge on any atom is -0.492 e. The summed E-state index contributed by atoms with van der Waals surface area (Å²) in [5.41, 5.74) is 4.09. The smallest absolute Gasteiger partial charge is 0.255 e. The molecule has 8 heteroatoms. The number of ether oxygens (including phenoxy) is 1. The molecule has 0 bridgehead atoms. The van der Waals surface area contributed by atoms with Crippen LogP contribution in [0.1, 0.15) is 52.7 Å². The maximum Gasteiger partial charge on any atom is 0.255 e. The van der Waals surface area contributed by atoms with E-state index < -0.39 is 6.04 Å². The Bertz CT molecular complexity index is 1420. The lowest BCUT2D eigenvalue weighted by Gasteiger charge is -2.38. The van der Waals surface area contributed by atoms with Crippen molar-refractivity contribution < 1.29 is 19.1 Å². The first kappa shape index (κ1) is 22.0. The molecule has 3 amide bonds. The Hall–Kier alpha value is -3.23. The molecule has 1 spiro atoms. The van der Waals surface area contributed by atoms with E-state index in [-0.39, 0.29) is 29.6 Å². The second-order valence-electron chi connectivity index (χ2n) is 10.5. The Morgan fingerprint density at radius 1 is 1.08 bits per heavy atom. The van der Waals surface area contributed by atoms with Gasteiger partial charge in [0.25, 0.3) is 5.91 Å². The first-order chi connectivity index (χ1) is 17.5. The van der Waals surface area contributed by atoms with Gasteiger partial charge in [0.15, 0.2) is 0 Å². The minimum absolute atomic E-state index is 0.0269. The third-order valence-electron chi connectivity index (χ3n) is 8.50. The van der Waals surface area contributed by atoms with Gasteiger partial charge in [0, 0.05) is 39.8 Å². The van der Waals surface area contributed by atoms with E-state index in [0.717, 1.165) is 43.8 Å². The van der Waals surface area contributed by atoms with Crippen LogP contribution in [-0.4, -0.2) is 53.3 Å². The van der Waals surface area contributed by atoms with Crippen LogP contribution in [0, 0.1) is 0 Å². The summed E-state index contributed by atoms with van der Waals surface area (Å²) in [6.07, 6.45) is 2.66. The van der Waals surface area contributed by atoms with Gasteiger partial charge >= 0.3 is 0 Å². The zero-order chi connectivity index (χ0) is 24.4. The van der Waals surface area contributed by atoms with E-state index in [9.17, 15) is 14.4 Å². The van der Waals surface area contributed by atoms with Crippen LogP contribution in [0.2, 0.25) is 0 Å². The number of carbonyl (C=O) groups is 3. The van der Waals surface area contributed by atoms with E-state index in [4.69, 9.17) is 4.74 Å². The molecule has 5 heterocycles. The molecule has 3 aromatic rings. The number of hydrogen-bond donors (Lipinski definition) is 1. The number of amides is 3. The van der Waals surface area contributed by atoms with Crippen LogP contribution in [0.5, 0.6) is 5.75 Å². The molecule has 0 saturated carbocycles. The standard InChI is InChI=1S/C28H27N3O4S/c32-23-7-6-22(26(33)29-23)31-15-20-19(27(31)34)4-5-21-24(20)35-16-28(21)9-11-30(12-10-28)14-18-3-1-2-17-8-13-36-25(17)18/h1-5,8,13,22H,6-7,9-12,14-16H2,(H,29,32,33). The van der Waals surface area contributed by atoms with Crippen LogP contribution >= 0.6 is 11.3 Å². The fourth-order valence-electron chi connectivity index (χ4n) is 6.46. The lowest BCUT2D eigenvalue weighted by molar-refractivity contribution is -0.136. The maximum absolute atomic E-state index is 13.2. The number of fused-ring (bicyclic) bond motifs is 5. The molecule has 1 atom stereocenters. The number of piperidine rings is 2. The van der Waals surface area contributed by atoms with Crippen molar-refractivity contribution in [2.75, 3.05) is 19.7 Å². The highest BCUT2D eigenvalue weighted by Crippen LogP contribution is 2.49. The molecule has 1 N–H and O–H groups in total. The zero-order valence-electron chi connectivity index (χ0n) is 19.9. The average Bonchev–Trinajstić information content (AvgIpc) is 3.58. The molecule has 2 aromatic carbocycles. The van der Waals surface area contributed by atoms with Gasteiger partial charge < -0.3 is 9.64 Å². The van der Waals surface area contributed by atoms with Crippen LogP contribution in [0.4, 0.5) is 0 Å². The molecule has 36 heavy (non-hydrogen) atoms. The molecule has 7 rings (SSSR count). The highest BCUT2D eigenvalue weighted by Gasteiger charge is 2.47. The quantitative estimate of drug-likeness (QED) is 0.555. The van der Waals surface area contributed by atoms with Gasteiger partial charge in [-0.05, 0) is 60.8 Å². The lowest BCUT2D eigenvalue weighted by Crippen LogP contribution is -2.52. The first-order valence-electron chi connectivity index (χ1n) is 12.6. The predicted molar refractivity (Wildman–Crippen MR) is 136 cm³/mol. The van der Waals surface area contributed by atoms with Gasteiger partial charge in [0.2, 0.25) is 11.8 Å². The molecule has 1 unspecified atom stereocenters. The van der Waals surface area contributed by atoms with Crippen molar-refractivity contribution in [3.63, 3.8) is 0 Å². The number of hydrogen-bond acceptors (Lipinski definition) is 6. The van der Waals surface area contributed by atoms with Crippen molar-refractivity contribution in [3.8, 4) is 5.75 Å². The van der Waals surface area contributed by atoms with Crippen molar-refractivity contribution >= 4 is 39.1 Å². The van der Waals surface area contributed by atoms with E-state index in [0.29, 0.717) is 25.1 Å². The third-order valence-corrected chi connectivity index (χ3v) is 9.50. The Balaban J connectivity index is 1.10. The molecule has 2 fully saturated rings. The van der Waals surface area contributed by atoms with Gasteiger partial charge in [-0.2, -0.15) is 0 Å². The molecule has 4 aliphatic heterocycles. The Labute approximate surface area is 213 Å². The van der Waals surface area contributed by atoms with Gasteiger partial charge in [-0.25, -0.2) is 0 Å². The number of likely N-dealkylation sites (tertiary alicyclic amines) is 1. The number of rotatable bonds is 3. The summed E-state index contributed by atoms with van der Waals surface area (Å²) in [4.78, 5) is 41.3. The second-order valence-corrected chi connectivity index (χ2v) is 11.4. The summed E-state index contributed by atoms with van der Waals surface area (Å²) in [7, 11) is 0. The number of imide groups is 1. The maximum atomic E-state index is 13.2. The molecule has 4 aliphatic rings. The lowest BCUT2D eigenvalue weighted by atomic mass is 9.74. The topological polar surface area (TPSA) is 79.0 Å². The fraction of sp³-hybridized carbons (Fsp3) is 0.393. The van der Waals surface area contributed by atoms with E-state index >= 15 is 0 Å². The number of thiophene rings is 1. The molecule has 1 aromatic heterocycles. The molecule has 2 saturated heterocycles. The molecular weight excluding hydrogens is 474 g/mol. The highest BCUT2D eigenvalue weighted by molar-refractivity contribution is 7.17. The molecule has 0 aliphatic carbocycles. The van der Waals surface area contributed by atoms with Crippen LogP contribution in [0.3, 0.4) is 0 Å². The van der Waals surface area contributed by atoms with Crippen LogP contribution in [0.25, 0.3) is 10.1 Å². The number of nitrogens with one attached hydrogen (secondary N) is 1. The fourth-order valence-corrected chi connectivity index (χ4v) is 7.36. The Morgan fingerprint density at radius 3 is 2.78 bits per heavy atom. The van der Waals surface area contributed by atoms with Gasteiger partial charge in [0.1, 0.15) is 11.8 Å². The Kier molecular flexibility index (Phi) is 4.98. The summed E-state index contributed by atoms with van der Waals surface area (Å²) in [6.45, 7) is 3.96. The van der Waals surface area contributed by atoms with E-state index in [1.807, 2.05) is 17.4 Å². The van der Waals surface area contributed by atoms with Gasteiger partial charge in [-0.15, -0.1) is 11.3 Å². The molecule has 0 radical (unpaired) electrons. The first-order valence-corrected chi connectivity index (χ1v) is 13.5. The second kappa shape index (κ2) is 8.15. The molecule has 7 nitrogen and oxygen atoms in total. The summed E-state index contributed by atoms with van der Waals surface area (Å²) in [5, 5.41) is 5.86. The van der Waals surface area contributed by atoms with Crippen molar-refractivity contribution in [1.82, 2.24) is 15.1 Å². The average molecular weight is 502 g/mol. The van der Waals surface area contributed by atoms with E-state index in [1.54, 1.807) is 4.90 Å². The normalized spacial score (nSPS) is 23.2. The SMILES string of the molecule is O=C1CCC(N2Cc3c(ccc4c3OCC43CCN(Cc4cccc5ccsc45)CC3)C2=O)C(=O)N1. The number of benzene rings is 2. The van der Waals surface area contributed by atoms with E-state index in [2.05, 4.69) is 45.9 Å². The number of nitrogens with zero attached hydrogens (tertiary/aromatic N) is 2. The molecule has 184 valence electrons. The van der Waals surface area contributed by atoms with Gasteiger partial charge in [-0.1, -0.05) is 24.3 Å². The Morgan fingerprint density at radius 2 is 1.94 bits per heavy atom. The van der Waals surface area contributed by atoms with Gasteiger partial charge in [-0.3, -0.25) is 24.6 Å². The van der Waals surface area contributed by atoms with E-state index in [1.165, 1.54) is 21.2 Å². The predicted octanol–water partition coefficient (Wildman–Crippen LogP) is 3.59. The number of carbonyl (C=O) groups excluding carboxylic acids is 3. The largest absolute Gasteiger partial charge is 0.492 e. The monoisotopic (exact) mass is 501 g/mol. The van der Waals surface area contributed by atoms with Crippen LogP contribution < -0.4 is 10.1 Å². The van der Waals surface area contributed by atoms with Crippen LogP contribution in [-0.2, 0) is 28.1 Å². The van der Waals surface area contributed by atoms with Gasteiger partial charge in [0.05, 0.1) is 13.2 Å². The zero-order valence-corrected chi connectivity index (χ0v) is 20.7. The highest BCUT2D eigenvalue weighted by atomic mass is 32.1. The van der Waals surface area contributed by atoms with Crippen molar-refractivity contribution in [1.29, 1.82) is 0 Å². The summed E-state index contributed by atoms with van der Waals surface area (Å²) >= 11 is 1.81. The van der Waals surface area contributed by atoms with Crippen molar-refractivity contribution in [2.24, 2.45) is 0 Å². The third kappa shape index (κ3) is 3.31. The summed E-state index contributed by atoms with van der Waals surface area (Å²) < 4.78 is 7.70. The minimum atomic E-state index is -0.607. The van der Waals surface area contributed by atoms with Crippen LogP contribution in [0.15, 0.2) is 41.8 Å². The van der Waals surface area contributed by atoms with Crippen molar-refractivity contribution in [3.05, 3.63) is 64.0 Å².